The summed E-state index contributed by atoms with van der Waals surface area (Å²) in [5, 5.41) is 6.68. The summed E-state index contributed by atoms with van der Waals surface area (Å²) in [5.41, 5.74) is 5.49. The van der Waals surface area contributed by atoms with Gasteiger partial charge in [0, 0.05) is 19.7 Å². The topological polar surface area (TPSA) is 80.1 Å². The van der Waals surface area contributed by atoms with Crippen molar-refractivity contribution < 1.29 is 4.74 Å². The number of rotatable bonds is 4. The predicted molar refractivity (Wildman–Crippen MR) is 57.7 cm³/mol. The van der Waals surface area contributed by atoms with E-state index in [0.717, 1.165) is 32.5 Å². The van der Waals surface area contributed by atoms with Crippen LogP contribution in [0.25, 0.3) is 0 Å². The van der Waals surface area contributed by atoms with Crippen LogP contribution < -0.4 is 10.6 Å². The summed E-state index contributed by atoms with van der Waals surface area (Å²) in [7, 11) is 0. The third-order valence-electron chi connectivity index (χ3n) is 2.60. The normalized spacial score (nSPS) is 20.7. The molecule has 1 aromatic rings. The highest BCUT2D eigenvalue weighted by Gasteiger charge is 2.20. The predicted octanol–water partition coefficient (Wildman–Crippen LogP) is 0.392. The average Bonchev–Trinajstić information content (AvgIpc) is 2.85. The van der Waals surface area contributed by atoms with Crippen LogP contribution in [0.2, 0.25) is 0 Å². The molecule has 2 heterocycles. The van der Waals surface area contributed by atoms with Crippen LogP contribution in [-0.2, 0) is 4.74 Å². The van der Waals surface area contributed by atoms with Gasteiger partial charge in [0.2, 0.25) is 11.9 Å². The second-order valence-corrected chi connectivity index (χ2v) is 3.69. The van der Waals surface area contributed by atoms with Crippen LogP contribution in [0, 0.1) is 0 Å². The van der Waals surface area contributed by atoms with Crippen molar-refractivity contribution in [3.63, 3.8) is 0 Å². The van der Waals surface area contributed by atoms with Gasteiger partial charge >= 0.3 is 0 Å². The number of H-pyrrole nitrogens is 1. The van der Waals surface area contributed by atoms with E-state index in [-0.39, 0.29) is 0 Å². The van der Waals surface area contributed by atoms with Crippen molar-refractivity contribution in [3.05, 3.63) is 0 Å². The summed E-state index contributed by atoms with van der Waals surface area (Å²) in [6.07, 6.45) is 2.58. The lowest BCUT2D eigenvalue weighted by Crippen LogP contribution is -2.32. The zero-order valence-electron chi connectivity index (χ0n) is 8.94. The molecule has 6 nitrogen and oxygen atoms in total. The zero-order chi connectivity index (χ0) is 10.7. The van der Waals surface area contributed by atoms with E-state index in [2.05, 4.69) is 27.0 Å². The van der Waals surface area contributed by atoms with Gasteiger partial charge < -0.3 is 15.4 Å². The van der Waals surface area contributed by atoms with Crippen LogP contribution >= 0.6 is 0 Å². The van der Waals surface area contributed by atoms with Gasteiger partial charge in [-0.1, -0.05) is 0 Å². The molecule has 0 aromatic carbocycles. The van der Waals surface area contributed by atoms with Crippen molar-refractivity contribution in [1.82, 2.24) is 15.2 Å². The molecule has 0 amide bonds. The van der Waals surface area contributed by atoms with Crippen molar-refractivity contribution in [2.24, 2.45) is 0 Å². The molecule has 84 valence electrons. The first-order chi connectivity index (χ1) is 7.29. The molecule has 1 saturated heterocycles. The molecule has 2 rings (SSSR count). The van der Waals surface area contributed by atoms with Crippen molar-refractivity contribution in [2.75, 3.05) is 30.3 Å². The van der Waals surface area contributed by atoms with Gasteiger partial charge in [-0.15, -0.1) is 5.10 Å². The van der Waals surface area contributed by atoms with E-state index >= 15 is 0 Å². The van der Waals surface area contributed by atoms with Gasteiger partial charge in [0.1, 0.15) is 0 Å². The summed E-state index contributed by atoms with van der Waals surface area (Å²) in [4.78, 5) is 6.18. The molecule has 0 aliphatic carbocycles. The second-order valence-electron chi connectivity index (χ2n) is 3.69. The molecule has 1 aliphatic rings. The standard InChI is InChI=1S/C9H17N5O/c1-2-14(6-7-4-3-5-15-7)9-11-8(10)12-13-9/h7H,2-6H2,1H3,(H3,10,11,12,13). The molecule has 1 aliphatic heterocycles. The quantitative estimate of drug-likeness (QED) is 0.753. The third-order valence-corrected chi connectivity index (χ3v) is 2.60. The molecular weight excluding hydrogens is 194 g/mol. The van der Waals surface area contributed by atoms with Gasteiger partial charge in [0.05, 0.1) is 6.10 Å². The van der Waals surface area contributed by atoms with Crippen LogP contribution in [0.5, 0.6) is 0 Å². The number of anilines is 2. The number of nitrogen functional groups attached to an aromatic ring is 1. The number of hydrogen-bond donors (Lipinski definition) is 2. The maximum atomic E-state index is 5.57. The van der Waals surface area contributed by atoms with Crippen LogP contribution in [0.15, 0.2) is 0 Å². The van der Waals surface area contributed by atoms with Crippen LogP contribution in [0.3, 0.4) is 0 Å². The van der Waals surface area contributed by atoms with Crippen molar-refractivity contribution in [1.29, 1.82) is 0 Å². The smallest absolute Gasteiger partial charge is 0.246 e. The highest BCUT2D eigenvalue weighted by atomic mass is 16.5. The van der Waals surface area contributed by atoms with Gasteiger partial charge in [-0.2, -0.15) is 4.98 Å². The summed E-state index contributed by atoms with van der Waals surface area (Å²) in [5.74, 6) is 1.02. The molecule has 0 bridgehead atoms. The Labute approximate surface area is 88.8 Å². The molecular formula is C9H17N5O. The Hall–Kier alpha value is -1.30. The molecule has 0 saturated carbocycles. The van der Waals surface area contributed by atoms with Gasteiger partial charge in [0.15, 0.2) is 0 Å². The number of aromatic nitrogens is 3. The van der Waals surface area contributed by atoms with Crippen molar-refractivity contribution in [3.8, 4) is 0 Å². The molecule has 3 N–H and O–H groups in total. The Kier molecular flexibility index (Phi) is 3.05. The van der Waals surface area contributed by atoms with Crippen molar-refractivity contribution in [2.45, 2.75) is 25.9 Å². The van der Waals surface area contributed by atoms with Crippen molar-refractivity contribution >= 4 is 11.9 Å². The number of hydrogen-bond acceptors (Lipinski definition) is 5. The maximum absolute atomic E-state index is 5.57. The minimum absolute atomic E-state index is 0.310. The molecule has 1 atom stereocenters. The van der Waals surface area contributed by atoms with Crippen LogP contribution in [0.1, 0.15) is 19.8 Å². The van der Waals surface area contributed by atoms with E-state index in [1.54, 1.807) is 0 Å². The Morgan fingerprint density at radius 2 is 2.53 bits per heavy atom. The largest absolute Gasteiger partial charge is 0.376 e. The molecule has 15 heavy (non-hydrogen) atoms. The van der Waals surface area contributed by atoms with Gasteiger partial charge in [-0.05, 0) is 19.8 Å². The maximum Gasteiger partial charge on any atom is 0.246 e. The molecule has 6 heteroatoms. The fraction of sp³-hybridized carbons (Fsp3) is 0.778. The van der Waals surface area contributed by atoms with E-state index in [1.165, 1.54) is 0 Å². The first-order valence-electron chi connectivity index (χ1n) is 5.34. The summed E-state index contributed by atoms with van der Waals surface area (Å²) < 4.78 is 5.57. The van der Waals surface area contributed by atoms with E-state index in [0.29, 0.717) is 18.0 Å². The average molecular weight is 211 g/mol. The summed E-state index contributed by atoms with van der Waals surface area (Å²) in [6, 6.07) is 0. The van der Waals surface area contributed by atoms with Gasteiger partial charge in [0.25, 0.3) is 0 Å². The highest BCUT2D eigenvalue weighted by Crippen LogP contribution is 2.16. The fourth-order valence-corrected chi connectivity index (χ4v) is 1.79. The zero-order valence-corrected chi connectivity index (χ0v) is 8.94. The lowest BCUT2D eigenvalue weighted by molar-refractivity contribution is 0.115. The Morgan fingerprint density at radius 3 is 3.07 bits per heavy atom. The summed E-state index contributed by atoms with van der Waals surface area (Å²) in [6.45, 7) is 4.64. The lowest BCUT2D eigenvalue weighted by Gasteiger charge is -2.22. The van der Waals surface area contributed by atoms with E-state index < -0.39 is 0 Å². The molecule has 1 unspecified atom stereocenters. The number of ether oxygens (including phenoxy) is 1. The number of nitrogens with one attached hydrogen (secondary N) is 1. The van der Waals surface area contributed by atoms with E-state index in [1.807, 2.05) is 0 Å². The highest BCUT2D eigenvalue weighted by molar-refractivity contribution is 5.33. The van der Waals surface area contributed by atoms with Gasteiger partial charge in [-0.3, -0.25) is 0 Å². The Balaban J connectivity index is 1.97. The molecule has 1 aromatic heterocycles. The SMILES string of the molecule is CCN(CC1CCCO1)c1n[nH]c(N)n1. The van der Waals surface area contributed by atoms with Crippen LogP contribution in [-0.4, -0.2) is 41.0 Å². The molecule has 0 spiro atoms. The number of aromatic amines is 1. The molecule has 0 radical (unpaired) electrons. The minimum Gasteiger partial charge on any atom is -0.376 e. The number of nitrogens with two attached hydrogens (primary N) is 1. The van der Waals surface area contributed by atoms with E-state index in [9.17, 15) is 0 Å². The van der Waals surface area contributed by atoms with Gasteiger partial charge in [-0.25, -0.2) is 5.10 Å². The lowest BCUT2D eigenvalue weighted by atomic mass is 10.2. The van der Waals surface area contributed by atoms with Crippen LogP contribution in [0.4, 0.5) is 11.9 Å². The third kappa shape index (κ3) is 2.38. The Morgan fingerprint density at radius 1 is 1.67 bits per heavy atom. The summed E-state index contributed by atoms with van der Waals surface area (Å²) >= 11 is 0. The van der Waals surface area contributed by atoms with E-state index in [4.69, 9.17) is 10.5 Å². The monoisotopic (exact) mass is 211 g/mol. The first-order valence-corrected chi connectivity index (χ1v) is 5.34. The Bertz CT molecular complexity index is 307. The molecule has 1 fully saturated rings. The number of likely N-dealkylation sites (N-methyl/N-ethyl adjacent to an activating group) is 1. The second kappa shape index (κ2) is 4.48. The fourth-order valence-electron chi connectivity index (χ4n) is 1.79. The first kappa shape index (κ1) is 10.2. The number of nitrogens with zero attached hydrogens (tertiary/aromatic N) is 3. The minimum atomic E-state index is 0.310.